The van der Waals surface area contributed by atoms with E-state index in [9.17, 15) is 4.79 Å². The van der Waals surface area contributed by atoms with E-state index in [0.29, 0.717) is 10.7 Å². The first-order valence-corrected chi connectivity index (χ1v) is 4.69. The van der Waals surface area contributed by atoms with Gasteiger partial charge in [0.1, 0.15) is 11.5 Å². The molecule has 76 valence electrons. The van der Waals surface area contributed by atoms with E-state index in [1.165, 1.54) is 17.0 Å². The summed E-state index contributed by atoms with van der Waals surface area (Å²) in [5.41, 5.74) is 1.30. The van der Waals surface area contributed by atoms with Crippen LogP contribution in [0.2, 0.25) is 5.15 Å². The highest BCUT2D eigenvalue weighted by molar-refractivity contribution is 6.32. The highest BCUT2D eigenvalue weighted by Gasteiger charge is 2.05. The van der Waals surface area contributed by atoms with Crippen LogP contribution < -0.4 is 5.56 Å². The molecule has 0 atom stereocenters. The summed E-state index contributed by atoms with van der Waals surface area (Å²) in [6.07, 6.45) is 4.64. The van der Waals surface area contributed by atoms with Gasteiger partial charge in [-0.2, -0.15) is 0 Å². The lowest BCUT2D eigenvalue weighted by molar-refractivity contribution is 0.861. The van der Waals surface area contributed by atoms with E-state index in [0.717, 1.165) is 5.56 Å². The van der Waals surface area contributed by atoms with Crippen molar-refractivity contribution in [1.82, 2.24) is 14.5 Å². The standard InChI is InChI=1S/C10H8ClN3O/c1-14-3-2-7(4-9(14)15)8-5-12-6-13-10(8)11/h2-6H,1H3. The predicted molar refractivity (Wildman–Crippen MR) is 57.7 cm³/mol. The zero-order chi connectivity index (χ0) is 10.8. The van der Waals surface area contributed by atoms with Gasteiger partial charge in [0.25, 0.3) is 5.56 Å². The Bertz CT molecular complexity index is 550. The van der Waals surface area contributed by atoms with E-state index >= 15 is 0 Å². The minimum Gasteiger partial charge on any atom is -0.319 e. The third kappa shape index (κ3) is 1.89. The van der Waals surface area contributed by atoms with Crippen molar-refractivity contribution in [2.75, 3.05) is 0 Å². The summed E-state index contributed by atoms with van der Waals surface area (Å²) < 4.78 is 1.49. The number of hydrogen-bond acceptors (Lipinski definition) is 3. The Labute approximate surface area is 91.2 Å². The third-order valence-corrected chi connectivity index (χ3v) is 2.38. The lowest BCUT2D eigenvalue weighted by atomic mass is 10.1. The maximum atomic E-state index is 11.4. The molecule has 0 N–H and O–H groups in total. The number of hydrogen-bond donors (Lipinski definition) is 0. The first-order chi connectivity index (χ1) is 7.18. The van der Waals surface area contributed by atoms with Crippen LogP contribution in [0.4, 0.5) is 0 Å². The van der Waals surface area contributed by atoms with Crippen LogP contribution in [-0.4, -0.2) is 14.5 Å². The van der Waals surface area contributed by atoms with Crippen LogP contribution in [0.5, 0.6) is 0 Å². The quantitative estimate of drug-likeness (QED) is 0.686. The van der Waals surface area contributed by atoms with Crippen LogP contribution in [0.25, 0.3) is 11.1 Å². The van der Waals surface area contributed by atoms with E-state index in [4.69, 9.17) is 11.6 Å². The van der Waals surface area contributed by atoms with Gasteiger partial charge in [-0.3, -0.25) is 4.79 Å². The lowest BCUT2D eigenvalue weighted by Gasteiger charge is -2.03. The van der Waals surface area contributed by atoms with Crippen molar-refractivity contribution in [3.8, 4) is 11.1 Å². The summed E-state index contributed by atoms with van der Waals surface area (Å²) in [5, 5.41) is 0.346. The van der Waals surface area contributed by atoms with Crippen LogP contribution in [-0.2, 0) is 7.05 Å². The maximum absolute atomic E-state index is 11.4. The molecular weight excluding hydrogens is 214 g/mol. The van der Waals surface area contributed by atoms with Crippen molar-refractivity contribution in [3.63, 3.8) is 0 Å². The fourth-order valence-corrected chi connectivity index (χ4v) is 1.43. The van der Waals surface area contributed by atoms with Gasteiger partial charge >= 0.3 is 0 Å². The fourth-order valence-electron chi connectivity index (χ4n) is 1.22. The van der Waals surface area contributed by atoms with Crippen LogP contribution in [0.15, 0.2) is 35.6 Å². The molecule has 2 heterocycles. The number of halogens is 1. The van der Waals surface area contributed by atoms with Gasteiger partial charge in [-0.05, 0) is 11.6 Å². The first kappa shape index (κ1) is 9.86. The van der Waals surface area contributed by atoms with Crippen LogP contribution in [0.3, 0.4) is 0 Å². The van der Waals surface area contributed by atoms with E-state index in [1.54, 1.807) is 25.5 Å². The molecule has 0 spiro atoms. The van der Waals surface area contributed by atoms with E-state index in [2.05, 4.69) is 9.97 Å². The molecule has 2 rings (SSSR count). The molecule has 0 aromatic carbocycles. The normalized spacial score (nSPS) is 10.3. The summed E-state index contributed by atoms with van der Waals surface area (Å²) in [6, 6.07) is 3.30. The second-order valence-corrected chi connectivity index (χ2v) is 3.45. The maximum Gasteiger partial charge on any atom is 0.250 e. The Hall–Kier alpha value is -1.68. The number of nitrogens with zero attached hydrogens (tertiary/aromatic N) is 3. The molecule has 0 saturated carbocycles. The molecule has 0 fully saturated rings. The molecular formula is C10H8ClN3O. The fraction of sp³-hybridized carbons (Fsp3) is 0.100. The Morgan fingerprint density at radius 2 is 2.27 bits per heavy atom. The average molecular weight is 222 g/mol. The monoisotopic (exact) mass is 221 g/mol. The van der Waals surface area contributed by atoms with Crippen LogP contribution >= 0.6 is 11.6 Å². The zero-order valence-electron chi connectivity index (χ0n) is 8.01. The Morgan fingerprint density at radius 1 is 1.47 bits per heavy atom. The summed E-state index contributed by atoms with van der Waals surface area (Å²) in [6.45, 7) is 0. The van der Waals surface area contributed by atoms with Crippen molar-refractivity contribution in [3.05, 3.63) is 46.4 Å². The predicted octanol–water partition coefficient (Wildman–Crippen LogP) is 1.50. The Balaban J connectivity index is 2.60. The molecule has 4 nitrogen and oxygen atoms in total. The van der Waals surface area contributed by atoms with Gasteiger partial charge in [0.15, 0.2) is 0 Å². The second kappa shape index (κ2) is 3.82. The highest BCUT2D eigenvalue weighted by atomic mass is 35.5. The molecule has 2 aromatic rings. The Kier molecular flexibility index (Phi) is 2.51. The number of aryl methyl sites for hydroxylation is 1. The molecule has 5 heteroatoms. The summed E-state index contributed by atoms with van der Waals surface area (Å²) >= 11 is 5.89. The van der Waals surface area contributed by atoms with Gasteiger partial charge < -0.3 is 4.57 Å². The minimum absolute atomic E-state index is 0.0904. The van der Waals surface area contributed by atoms with Gasteiger partial charge in [0.05, 0.1) is 0 Å². The van der Waals surface area contributed by atoms with Gasteiger partial charge in [-0.15, -0.1) is 0 Å². The third-order valence-electron chi connectivity index (χ3n) is 2.08. The SMILES string of the molecule is Cn1ccc(-c2cncnc2Cl)cc1=O. The summed E-state index contributed by atoms with van der Waals surface area (Å²) in [5.74, 6) is 0. The molecule has 15 heavy (non-hydrogen) atoms. The average Bonchev–Trinajstić information content (AvgIpc) is 2.23. The highest BCUT2D eigenvalue weighted by Crippen LogP contribution is 2.22. The van der Waals surface area contributed by atoms with Crippen molar-refractivity contribution in [1.29, 1.82) is 0 Å². The van der Waals surface area contributed by atoms with Gasteiger partial charge in [0.2, 0.25) is 0 Å². The molecule has 0 aliphatic rings. The number of pyridine rings is 1. The minimum atomic E-state index is -0.0904. The van der Waals surface area contributed by atoms with Gasteiger partial charge in [0, 0.05) is 31.1 Å². The number of rotatable bonds is 1. The van der Waals surface area contributed by atoms with Gasteiger partial charge in [-0.25, -0.2) is 9.97 Å². The van der Waals surface area contributed by atoms with Crippen molar-refractivity contribution >= 4 is 11.6 Å². The molecule has 0 amide bonds. The van der Waals surface area contributed by atoms with E-state index in [-0.39, 0.29) is 5.56 Å². The van der Waals surface area contributed by atoms with Gasteiger partial charge in [-0.1, -0.05) is 11.6 Å². The molecule has 0 radical (unpaired) electrons. The first-order valence-electron chi connectivity index (χ1n) is 4.31. The molecule has 0 saturated heterocycles. The largest absolute Gasteiger partial charge is 0.319 e. The smallest absolute Gasteiger partial charge is 0.250 e. The molecule has 0 unspecified atom stereocenters. The van der Waals surface area contributed by atoms with Crippen molar-refractivity contribution < 1.29 is 0 Å². The molecule has 0 aliphatic carbocycles. The van der Waals surface area contributed by atoms with Crippen LogP contribution in [0, 0.1) is 0 Å². The molecule has 2 aromatic heterocycles. The zero-order valence-corrected chi connectivity index (χ0v) is 8.77. The Morgan fingerprint density at radius 3 is 2.93 bits per heavy atom. The second-order valence-electron chi connectivity index (χ2n) is 3.09. The van der Waals surface area contributed by atoms with Crippen molar-refractivity contribution in [2.24, 2.45) is 7.05 Å². The number of aromatic nitrogens is 3. The molecule has 0 bridgehead atoms. The summed E-state index contributed by atoms with van der Waals surface area (Å²) in [4.78, 5) is 19.1. The summed E-state index contributed by atoms with van der Waals surface area (Å²) in [7, 11) is 1.69. The van der Waals surface area contributed by atoms with Crippen molar-refractivity contribution in [2.45, 2.75) is 0 Å². The lowest BCUT2D eigenvalue weighted by Crippen LogP contribution is -2.14. The van der Waals surface area contributed by atoms with E-state index < -0.39 is 0 Å². The van der Waals surface area contributed by atoms with Crippen LogP contribution in [0.1, 0.15) is 0 Å². The molecule has 0 aliphatic heterocycles. The van der Waals surface area contributed by atoms with E-state index in [1.807, 2.05) is 0 Å². The topological polar surface area (TPSA) is 47.8 Å².